The molecule has 0 saturated carbocycles. The van der Waals surface area contributed by atoms with Gasteiger partial charge in [-0.1, -0.05) is 53.5 Å². The van der Waals surface area contributed by atoms with E-state index in [1.54, 1.807) is 31.3 Å². The number of amides is 1. The second kappa shape index (κ2) is 9.73. The van der Waals surface area contributed by atoms with E-state index in [4.69, 9.17) is 23.2 Å². The van der Waals surface area contributed by atoms with Gasteiger partial charge in [0.25, 0.3) is 10.0 Å². The molecule has 0 aliphatic heterocycles. The number of halogens is 2. The van der Waals surface area contributed by atoms with Crippen molar-refractivity contribution in [3.8, 4) is 0 Å². The molecule has 0 radical (unpaired) electrons. The molecule has 162 valence electrons. The molecule has 5 nitrogen and oxygen atoms in total. The molecule has 0 spiro atoms. The Morgan fingerprint density at radius 1 is 0.871 bits per heavy atom. The third-order valence-electron chi connectivity index (χ3n) is 4.82. The molecule has 0 fully saturated rings. The Kier molecular flexibility index (Phi) is 7.26. The maximum atomic E-state index is 13.4. The maximum absolute atomic E-state index is 13.4. The number of aryl methyl sites for hydroxylation is 1. The molecule has 0 bridgehead atoms. The lowest BCUT2D eigenvalue weighted by Gasteiger charge is -2.28. The minimum Gasteiger partial charge on any atom is -0.340 e. The first-order valence-corrected chi connectivity index (χ1v) is 11.7. The van der Waals surface area contributed by atoms with Crippen LogP contribution in [0.1, 0.15) is 11.1 Å². The van der Waals surface area contributed by atoms with Crippen LogP contribution in [0, 0.1) is 6.92 Å². The number of sulfonamides is 1. The summed E-state index contributed by atoms with van der Waals surface area (Å²) < 4.78 is 28.0. The summed E-state index contributed by atoms with van der Waals surface area (Å²) in [7, 11) is -2.35. The Morgan fingerprint density at radius 2 is 1.42 bits per heavy atom. The highest BCUT2D eigenvalue weighted by Gasteiger charge is 2.29. The maximum Gasteiger partial charge on any atom is 0.264 e. The van der Waals surface area contributed by atoms with Gasteiger partial charge in [-0.2, -0.15) is 0 Å². The van der Waals surface area contributed by atoms with Crippen LogP contribution >= 0.6 is 23.2 Å². The van der Waals surface area contributed by atoms with Gasteiger partial charge < -0.3 is 4.90 Å². The highest BCUT2D eigenvalue weighted by Crippen LogP contribution is 2.27. The molecule has 3 rings (SSSR count). The molecule has 0 atom stereocenters. The highest BCUT2D eigenvalue weighted by molar-refractivity contribution is 7.92. The molecule has 0 aliphatic rings. The van der Waals surface area contributed by atoms with E-state index < -0.39 is 10.0 Å². The van der Waals surface area contributed by atoms with E-state index in [2.05, 4.69) is 0 Å². The van der Waals surface area contributed by atoms with Gasteiger partial charge >= 0.3 is 0 Å². The van der Waals surface area contributed by atoms with Crippen molar-refractivity contribution in [3.63, 3.8) is 0 Å². The lowest BCUT2D eigenvalue weighted by Crippen LogP contribution is -2.41. The van der Waals surface area contributed by atoms with Crippen LogP contribution in [0.2, 0.25) is 10.0 Å². The average molecular weight is 477 g/mol. The zero-order valence-corrected chi connectivity index (χ0v) is 19.5. The Balaban J connectivity index is 1.91. The van der Waals surface area contributed by atoms with Crippen molar-refractivity contribution >= 4 is 44.8 Å². The predicted octanol–water partition coefficient (Wildman–Crippen LogP) is 5.16. The number of benzene rings is 3. The fourth-order valence-electron chi connectivity index (χ4n) is 3.07. The molecule has 8 heteroatoms. The average Bonchev–Trinajstić information content (AvgIpc) is 2.74. The van der Waals surface area contributed by atoms with Gasteiger partial charge in [0, 0.05) is 23.6 Å². The van der Waals surface area contributed by atoms with E-state index in [0.717, 1.165) is 15.4 Å². The summed E-state index contributed by atoms with van der Waals surface area (Å²) >= 11 is 11.8. The van der Waals surface area contributed by atoms with Crippen LogP contribution < -0.4 is 4.31 Å². The van der Waals surface area contributed by atoms with Crippen LogP contribution in [0.15, 0.2) is 77.7 Å². The number of hydrogen-bond acceptors (Lipinski definition) is 3. The van der Waals surface area contributed by atoms with Crippen molar-refractivity contribution < 1.29 is 13.2 Å². The fourth-order valence-corrected chi connectivity index (χ4v) is 4.80. The van der Waals surface area contributed by atoms with Crippen molar-refractivity contribution in [1.82, 2.24) is 4.90 Å². The molecule has 3 aromatic rings. The van der Waals surface area contributed by atoms with Gasteiger partial charge in [0.15, 0.2) is 0 Å². The zero-order valence-electron chi connectivity index (χ0n) is 17.1. The third-order valence-corrected chi connectivity index (χ3v) is 7.10. The standard InChI is InChI=1S/C23H22Cl2N2O3S/c1-17-5-3-4-6-22(17)27(31(29,30)21-13-11-20(25)12-14-21)16-23(28)26(2)15-18-7-9-19(24)10-8-18/h3-14H,15-16H2,1-2H3. The van der Waals surface area contributed by atoms with Crippen LogP contribution in [-0.2, 0) is 21.4 Å². The van der Waals surface area contributed by atoms with E-state index in [1.165, 1.54) is 29.2 Å². The summed E-state index contributed by atoms with van der Waals surface area (Å²) in [5, 5.41) is 1.04. The number of para-hydroxylation sites is 1. The minimum atomic E-state index is -3.99. The minimum absolute atomic E-state index is 0.0632. The molecule has 0 saturated heterocycles. The van der Waals surface area contributed by atoms with E-state index in [1.807, 2.05) is 31.2 Å². The molecule has 0 aliphatic carbocycles. The van der Waals surface area contributed by atoms with Crippen molar-refractivity contribution in [2.24, 2.45) is 0 Å². The number of rotatable bonds is 7. The normalized spacial score (nSPS) is 11.2. The Morgan fingerprint density at radius 3 is 2.00 bits per heavy atom. The van der Waals surface area contributed by atoms with E-state index in [-0.39, 0.29) is 17.3 Å². The highest BCUT2D eigenvalue weighted by atomic mass is 35.5. The van der Waals surface area contributed by atoms with Crippen LogP contribution in [0.3, 0.4) is 0 Å². The summed E-state index contributed by atoms with van der Waals surface area (Å²) in [4.78, 5) is 14.6. The predicted molar refractivity (Wildman–Crippen MR) is 125 cm³/mol. The molecule has 0 aromatic heterocycles. The van der Waals surface area contributed by atoms with E-state index >= 15 is 0 Å². The molecule has 1 amide bonds. The van der Waals surface area contributed by atoms with Crippen molar-refractivity contribution in [2.75, 3.05) is 17.9 Å². The van der Waals surface area contributed by atoms with Crippen molar-refractivity contribution in [2.45, 2.75) is 18.4 Å². The Bertz CT molecular complexity index is 1160. The Hall–Kier alpha value is -2.54. The molecular formula is C23H22Cl2N2O3S. The summed E-state index contributed by atoms with van der Waals surface area (Å²) in [5.41, 5.74) is 2.09. The number of carbonyl (C=O) groups is 1. The zero-order chi connectivity index (χ0) is 22.6. The van der Waals surface area contributed by atoms with Gasteiger partial charge in [-0.15, -0.1) is 0 Å². The molecule has 0 unspecified atom stereocenters. The first-order valence-electron chi connectivity index (χ1n) is 9.51. The summed E-state index contributed by atoms with van der Waals surface area (Å²) in [6.07, 6.45) is 0. The molecule has 3 aromatic carbocycles. The van der Waals surface area contributed by atoms with Crippen LogP contribution in [0.25, 0.3) is 0 Å². The fraction of sp³-hybridized carbons (Fsp3) is 0.174. The third kappa shape index (κ3) is 5.58. The second-order valence-corrected chi connectivity index (χ2v) is 9.86. The molecule has 31 heavy (non-hydrogen) atoms. The topological polar surface area (TPSA) is 57.7 Å². The van der Waals surface area contributed by atoms with Crippen molar-refractivity contribution in [3.05, 3.63) is 94.0 Å². The first kappa shape index (κ1) is 23.1. The van der Waals surface area contributed by atoms with Crippen LogP contribution in [0.4, 0.5) is 5.69 Å². The summed E-state index contributed by atoms with van der Waals surface area (Å²) in [5.74, 6) is -0.337. The Labute approximate surface area is 192 Å². The smallest absolute Gasteiger partial charge is 0.264 e. The summed E-state index contributed by atoms with van der Waals surface area (Å²) in [6, 6.07) is 20.1. The summed E-state index contributed by atoms with van der Waals surface area (Å²) in [6.45, 7) is 1.81. The van der Waals surface area contributed by atoms with Crippen molar-refractivity contribution in [1.29, 1.82) is 0 Å². The van der Waals surface area contributed by atoms with Crippen LogP contribution in [-0.4, -0.2) is 32.8 Å². The molecule has 0 N–H and O–H groups in total. The van der Waals surface area contributed by atoms with Crippen LogP contribution in [0.5, 0.6) is 0 Å². The van der Waals surface area contributed by atoms with Gasteiger partial charge in [0.05, 0.1) is 10.6 Å². The quantitative estimate of drug-likeness (QED) is 0.473. The number of carbonyl (C=O) groups excluding carboxylic acids is 1. The van der Waals surface area contributed by atoms with Gasteiger partial charge in [0.1, 0.15) is 6.54 Å². The SMILES string of the molecule is Cc1ccccc1N(CC(=O)N(C)Cc1ccc(Cl)cc1)S(=O)(=O)c1ccc(Cl)cc1. The van der Waals surface area contributed by atoms with Gasteiger partial charge in [-0.25, -0.2) is 8.42 Å². The number of anilines is 1. The molecule has 0 heterocycles. The van der Waals surface area contributed by atoms with Gasteiger partial charge in [-0.3, -0.25) is 9.10 Å². The van der Waals surface area contributed by atoms with Gasteiger partial charge in [0.2, 0.25) is 5.91 Å². The second-order valence-electron chi connectivity index (χ2n) is 7.13. The lowest BCUT2D eigenvalue weighted by molar-refractivity contribution is -0.128. The number of nitrogens with zero attached hydrogens (tertiary/aromatic N) is 2. The number of likely N-dealkylation sites (N-methyl/N-ethyl adjacent to an activating group) is 1. The van der Waals surface area contributed by atoms with E-state index in [9.17, 15) is 13.2 Å². The first-order chi connectivity index (χ1) is 14.7. The van der Waals surface area contributed by atoms with E-state index in [0.29, 0.717) is 22.3 Å². The number of hydrogen-bond donors (Lipinski definition) is 0. The largest absolute Gasteiger partial charge is 0.340 e. The van der Waals surface area contributed by atoms with Gasteiger partial charge in [-0.05, 0) is 60.5 Å². The lowest BCUT2D eigenvalue weighted by atomic mass is 10.2. The molecular weight excluding hydrogens is 455 g/mol. The monoisotopic (exact) mass is 476 g/mol.